The van der Waals surface area contributed by atoms with Crippen molar-refractivity contribution in [3.8, 4) is 27.9 Å². The molecule has 0 spiro atoms. The third-order valence-corrected chi connectivity index (χ3v) is 12.4. The van der Waals surface area contributed by atoms with Crippen LogP contribution in [0.3, 0.4) is 0 Å². The van der Waals surface area contributed by atoms with Crippen molar-refractivity contribution in [2.45, 2.75) is 6.17 Å². The maximum absolute atomic E-state index is 6.76. The summed E-state index contributed by atoms with van der Waals surface area (Å²) in [5, 5.41) is 11.7. The van der Waals surface area contributed by atoms with Crippen molar-refractivity contribution in [3.05, 3.63) is 228 Å². The highest BCUT2D eigenvalue weighted by Crippen LogP contribution is 2.42. The fourth-order valence-corrected chi connectivity index (χ4v) is 9.43. The zero-order chi connectivity index (χ0) is 41.4. The molecule has 1 unspecified atom stereocenters. The van der Waals surface area contributed by atoms with E-state index in [1.54, 1.807) is 0 Å². The van der Waals surface area contributed by atoms with Gasteiger partial charge in [0, 0.05) is 49.1 Å². The molecule has 4 heterocycles. The number of hydrogen-bond acceptors (Lipinski definition) is 4. The second-order valence-corrected chi connectivity index (χ2v) is 16.1. The van der Waals surface area contributed by atoms with E-state index >= 15 is 0 Å². The Kier molecular flexibility index (Phi) is 7.87. The average Bonchev–Trinajstić information content (AvgIpc) is 4.03. The Morgan fingerprint density at radius 1 is 0.429 bits per heavy atom. The molecule has 0 radical (unpaired) electrons. The Morgan fingerprint density at radius 2 is 1.06 bits per heavy atom. The molecule has 0 saturated carbocycles. The highest BCUT2D eigenvalue weighted by Gasteiger charge is 2.21. The van der Waals surface area contributed by atoms with E-state index in [0.717, 1.165) is 88.4 Å². The number of aromatic nitrogens is 1. The van der Waals surface area contributed by atoms with Crippen molar-refractivity contribution < 1.29 is 8.83 Å². The maximum atomic E-state index is 6.76. The molecule has 0 saturated heterocycles. The molecule has 0 fully saturated rings. The van der Waals surface area contributed by atoms with E-state index in [-0.39, 0.29) is 0 Å². The first-order valence-electron chi connectivity index (χ1n) is 21.2. The summed E-state index contributed by atoms with van der Waals surface area (Å²) in [5.41, 5.74) is 13.8. The molecule has 6 heteroatoms. The minimum atomic E-state index is -0.485. The van der Waals surface area contributed by atoms with Crippen LogP contribution >= 0.6 is 0 Å². The number of para-hydroxylation sites is 4. The van der Waals surface area contributed by atoms with Gasteiger partial charge in [-0.25, -0.2) is 0 Å². The van der Waals surface area contributed by atoms with Crippen LogP contribution in [-0.4, -0.2) is 16.2 Å². The summed E-state index contributed by atoms with van der Waals surface area (Å²) in [6, 6.07) is 71.9. The lowest BCUT2D eigenvalue weighted by Gasteiger charge is -2.32. The zero-order valence-corrected chi connectivity index (χ0v) is 33.8. The lowest BCUT2D eigenvalue weighted by atomic mass is 9.99. The van der Waals surface area contributed by atoms with Gasteiger partial charge in [-0.2, -0.15) is 0 Å². The number of nitrogens with zero attached hydrogens (tertiary/aromatic N) is 4. The SMILES string of the molecule is c1ccc(-c2ccc3c(c2)c2cccc(-c4ccc5c(c4)oc4cc(C6=NC(c7cccc8c7oc7ccccc78)=NC(c7ccccc7)[N-]6)ccc45)c2n3-c2ccccc2)cc1. The van der Waals surface area contributed by atoms with Gasteiger partial charge in [-0.1, -0.05) is 151 Å². The lowest BCUT2D eigenvalue weighted by Crippen LogP contribution is -2.16. The average molecular weight is 808 g/mol. The molecule has 1 aliphatic rings. The van der Waals surface area contributed by atoms with Gasteiger partial charge < -0.3 is 23.7 Å². The number of aliphatic imine (C=N–C) groups is 2. The van der Waals surface area contributed by atoms with Gasteiger partial charge in [0.15, 0.2) is 0 Å². The molecule has 1 aliphatic heterocycles. The van der Waals surface area contributed by atoms with Crippen molar-refractivity contribution in [2.24, 2.45) is 9.98 Å². The van der Waals surface area contributed by atoms with Crippen LogP contribution in [-0.2, 0) is 0 Å². The Bertz CT molecular complexity index is 3820. The van der Waals surface area contributed by atoms with Gasteiger partial charge >= 0.3 is 0 Å². The van der Waals surface area contributed by atoms with Gasteiger partial charge in [-0.05, 0) is 88.5 Å². The van der Waals surface area contributed by atoms with Crippen molar-refractivity contribution in [1.29, 1.82) is 0 Å². The molecule has 9 aromatic carbocycles. The second-order valence-electron chi connectivity index (χ2n) is 16.1. The van der Waals surface area contributed by atoms with Gasteiger partial charge in [0.25, 0.3) is 0 Å². The van der Waals surface area contributed by atoms with Crippen LogP contribution in [0.1, 0.15) is 22.9 Å². The number of amidine groups is 2. The molecule has 63 heavy (non-hydrogen) atoms. The molecule has 12 aromatic rings. The molecule has 3 aromatic heterocycles. The van der Waals surface area contributed by atoms with Crippen molar-refractivity contribution in [1.82, 2.24) is 4.57 Å². The monoisotopic (exact) mass is 807 g/mol. The van der Waals surface area contributed by atoms with Crippen LogP contribution in [0.5, 0.6) is 0 Å². The molecule has 296 valence electrons. The largest absolute Gasteiger partial charge is 0.456 e. The molecular weight excluding hydrogens is 773 g/mol. The van der Waals surface area contributed by atoms with Gasteiger partial charge in [-0.3, -0.25) is 4.99 Å². The fraction of sp³-hybridized carbons (Fsp3) is 0.0175. The molecule has 0 N–H and O–H groups in total. The van der Waals surface area contributed by atoms with Crippen molar-refractivity contribution >= 4 is 77.4 Å². The zero-order valence-electron chi connectivity index (χ0n) is 33.8. The Labute approximate surface area is 361 Å². The summed E-state index contributed by atoms with van der Waals surface area (Å²) in [4.78, 5) is 10.2. The first-order chi connectivity index (χ1) is 31.2. The third-order valence-electron chi connectivity index (χ3n) is 12.4. The first-order valence-corrected chi connectivity index (χ1v) is 21.2. The predicted octanol–water partition coefficient (Wildman–Crippen LogP) is 15.2. The van der Waals surface area contributed by atoms with Crippen molar-refractivity contribution in [2.75, 3.05) is 0 Å². The summed E-state index contributed by atoms with van der Waals surface area (Å²) < 4.78 is 15.6. The Morgan fingerprint density at radius 3 is 1.87 bits per heavy atom. The lowest BCUT2D eigenvalue weighted by molar-refractivity contribution is 0.667. The molecule has 1 atom stereocenters. The second kappa shape index (κ2) is 14.0. The third kappa shape index (κ3) is 5.73. The number of fused-ring (bicyclic) bond motifs is 9. The van der Waals surface area contributed by atoms with Gasteiger partial charge in [0.1, 0.15) is 22.3 Å². The molecule has 13 rings (SSSR count). The smallest absolute Gasteiger partial charge is 0.144 e. The van der Waals surface area contributed by atoms with E-state index in [1.165, 1.54) is 21.9 Å². The molecule has 0 amide bonds. The number of rotatable bonds is 6. The minimum Gasteiger partial charge on any atom is -0.456 e. The highest BCUT2D eigenvalue weighted by molar-refractivity contribution is 6.23. The first kappa shape index (κ1) is 35.3. The quantitative estimate of drug-likeness (QED) is 0.168. The fourth-order valence-electron chi connectivity index (χ4n) is 9.43. The molecular formula is C57H35N4O2-. The number of furan rings is 2. The van der Waals surface area contributed by atoms with Gasteiger partial charge in [0.2, 0.25) is 0 Å². The maximum Gasteiger partial charge on any atom is 0.144 e. The van der Waals surface area contributed by atoms with E-state index in [4.69, 9.17) is 24.1 Å². The van der Waals surface area contributed by atoms with E-state index in [0.29, 0.717) is 11.7 Å². The summed E-state index contributed by atoms with van der Waals surface area (Å²) in [6.45, 7) is 0. The van der Waals surface area contributed by atoms with Crippen LogP contribution in [0.2, 0.25) is 0 Å². The highest BCUT2D eigenvalue weighted by atomic mass is 16.3. The van der Waals surface area contributed by atoms with Crippen LogP contribution in [0, 0.1) is 0 Å². The van der Waals surface area contributed by atoms with Gasteiger partial charge in [0.05, 0.1) is 23.0 Å². The van der Waals surface area contributed by atoms with Crippen LogP contribution in [0.25, 0.3) is 98.9 Å². The van der Waals surface area contributed by atoms with Crippen LogP contribution in [0.15, 0.2) is 225 Å². The number of benzene rings is 9. The van der Waals surface area contributed by atoms with Crippen LogP contribution < -0.4 is 0 Å². The topological polar surface area (TPSA) is 70.0 Å². The predicted molar refractivity (Wildman–Crippen MR) is 258 cm³/mol. The van der Waals surface area contributed by atoms with Crippen LogP contribution in [0.4, 0.5) is 0 Å². The summed E-state index contributed by atoms with van der Waals surface area (Å²) in [6.07, 6.45) is -0.485. The molecule has 0 aliphatic carbocycles. The summed E-state index contributed by atoms with van der Waals surface area (Å²) in [7, 11) is 0. The van der Waals surface area contributed by atoms with E-state index in [2.05, 4.69) is 162 Å². The molecule has 6 nitrogen and oxygen atoms in total. The van der Waals surface area contributed by atoms with Crippen molar-refractivity contribution in [3.63, 3.8) is 0 Å². The standard InChI is InChI=1S/C57H35N4O2/c1-4-14-35(15-5-1)37-28-31-49-48(32-37)45-22-12-21-41(53(45)61(49)40-18-8-3-9-19-40)38-26-29-43-44-30-27-39(34-52(44)62-51(43)33-38)56-58-55(36-16-6-2-7-17-36)59-57(60-56)47-24-13-23-46-42-20-10-11-25-50(42)63-54(46)47/h1-34,55H/q-1. The Hall–Kier alpha value is -8.48. The van der Waals surface area contributed by atoms with E-state index in [1.807, 2.05) is 48.5 Å². The Balaban J connectivity index is 0.935. The minimum absolute atomic E-state index is 0.485. The normalized spacial score (nSPS) is 14.2. The van der Waals surface area contributed by atoms with Gasteiger partial charge in [-0.15, -0.1) is 0 Å². The summed E-state index contributed by atoms with van der Waals surface area (Å²) >= 11 is 0. The van der Waals surface area contributed by atoms with E-state index in [9.17, 15) is 0 Å². The number of hydrogen-bond donors (Lipinski definition) is 0. The van der Waals surface area contributed by atoms with E-state index < -0.39 is 6.17 Å². The summed E-state index contributed by atoms with van der Waals surface area (Å²) in [5.74, 6) is 1.16. The molecule has 0 bridgehead atoms.